The number of nitrogens with zero attached hydrogens (tertiary/aromatic N) is 2. The summed E-state index contributed by atoms with van der Waals surface area (Å²) in [4.78, 5) is 2.61. The molecule has 2 unspecified atom stereocenters. The second-order valence-corrected chi connectivity index (χ2v) is 15.9. The summed E-state index contributed by atoms with van der Waals surface area (Å²) < 4.78 is 2.48. The summed E-state index contributed by atoms with van der Waals surface area (Å²) in [5.74, 6) is 0.464. The lowest BCUT2D eigenvalue weighted by molar-refractivity contribution is 0.777. The quantitative estimate of drug-likeness (QED) is 0.161. The molecule has 5 aliphatic rings. The Hall–Kier alpha value is -6.64. The Morgan fingerprint density at radius 3 is 2.45 bits per heavy atom. The van der Waals surface area contributed by atoms with Gasteiger partial charge < -0.3 is 9.47 Å². The van der Waals surface area contributed by atoms with Crippen molar-refractivity contribution < 1.29 is 0 Å². The average molecular weight is 717 g/mol. The van der Waals surface area contributed by atoms with Gasteiger partial charge in [-0.1, -0.05) is 134 Å². The molecule has 2 atom stereocenters. The molecular weight excluding hydrogens is 677 g/mol. The predicted octanol–water partition coefficient (Wildman–Crippen LogP) is 14.1. The van der Waals surface area contributed by atoms with E-state index in [0.717, 1.165) is 25.7 Å². The fourth-order valence-electron chi connectivity index (χ4n) is 10.2. The van der Waals surface area contributed by atoms with Crippen molar-refractivity contribution in [2.45, 2.75) is 31.7 Å². The Morgan fingerprint density at radius 2 is 1.50 bits per heavy atom. The van der Waals surface area contributed by atoms with Gasteiger partial charge in [-0.15, -0.1) is 0 Å². The Kier molecular flexibility index (Phi) is 7.04. The van der Waals surface area contributed by atoms with E-state index in [-0.39, 0.29) is 6.04 Å². The van der Waals surface area contributed by atoms with Crippen LogP contribution in [0.15, 0.2) is 188 Å². The summed E-state index contributed by atoms with van der Waals surface area (Å²) in [6.45, 7) is 0. The zero-order valence-electron chi connectivity index (χ0n) is 31.2. The molecule has 266 valence electrons. The van der Waals surface area contributed by atoms with E-state index in [4.69, 9.17) is 0 Å². The van der Waals surface area contributed by atoms with Crippen LogP contribution in [0.1, 0.15) is 42.4 Å². The van der Waals surface area contributed by atoms with E-state index in [1.807, 2.05) is 0 Å². The number of hydrogen-bond donors (Lipinski definition) is 0. The number of hydrogen-bond acceptors (Lipinski definition) is 1. The Labute approximate surface area is 327 Å². The first-order valence-electron chi connectivity index (χ1n) is 20.2. The summed E-state index contributed by atoms with van der Waals surface area (Å²) in [6, 6.07) is 43.7. The summed E-state index contributed by atoms with van der Waals surface area (Å²) in [5, 5.41) is 7.93. The molecule has 5 aliphatic carbocycles. The van der Waals surface area contributed by atoms with Gasteiger partial charge in [-0.3, -0.25) is 0 Å². The average Bonchev–Trinajstić information content (AvgIpc) is 3.78. The van der Waals surface area contributed by atoms with Crippen LogP contribution in [0, 0.1) is 5.92 Å². The lowest BCUT2D eigenvalue weighted by Gasteiger charge is -2.34. The van der Waals surface area contributed by atoms with E-state index < -0.39 is 0 Å². The highest BCUT2D eigenvalue weighted by Gasteiger charge is 2.32. The molecule has 2 nitrogen and oxygen atoms in total. The second-order valence-electron chi connectivity index (χ2n) is 15.9. The fourth-order valence-corrected chi connectivity index (χ4v) is 10.2. The standard InChI is InChI=1S/C54H40N2/c1-2-12-35(13-3-1)38-17-10-19-41(31-38)55(43-26-28-48-49(33-43)47-22-11-18-40-30-39-16-6-7-20-45(39)54(48)53(40)47)44-27-29-52-50(34-44)46-21-8-9-23-51(46)56(52)42-25-24-36-14-4-5-15-37(36)32-42/h1-2,4-12,14-23,25,27-34,36,43H,3,13,24,26H2. The Morgan fingerprint density at radius 1 is 0.643 bits per heavy atom. The van der Waals surface area contributed by atoms with Gasteiger partial charge in [0.15, 0.2) is 0 Å². The molecule has 0 bridgehead atoms. The van der Waals surface area contributed by atoms with Gasteiger partial charge in [0.1, 0.15) is 0 Å². The first kappa shape index (κ1) is 31.7. The predicted molar refractivity (Wildman–Crippen MR) is 239 cm³/mol. The van der Waals surface area contributed by atoms with Crippen molar-refractivity contribution in [2.75, 3.05) is 4.90 Å². The lowest BCUT2D eigenvalue weighted by atomic mass is 9.87. The molecule has 0 N–H and O–H groups in total. The molecule has 0 aliphatic heterocycles. The lowest BCUT2D eigenvalue weighted by Crippen LogP contribution is -2.30. The topological polar surface area (TPSA) is 8.17 Å². The van der Waals surface area contributed by atoms with Crippen LogP contribution in [0.5, 0.6) is 0 Å². The van der Waals surface area contributed by atoms with E-state index in [2.05, 4.69) is 192 Å². The summed E-state index contributed by atoms with van der Waals surface area (Å²) in [6.07, 6.45) is 29.7. The normalized spacial score (nSPS) is 19.5. The zero-order chi connectivity index (χ0) is 36.7. The molecule has 0 saturated heterocycles. The van der Waals surface area contributed by atoms with Gasteiger partial charge >= 0.3 is 0 Å². The SMILES string of the molecule is C1=CCCC(c2cccc(N(c3ccc4c(c3)c3ccccc3n4C3=CCC4C=CC=CC4=C3)C3C=C4C(=CC3)c3c5ccccc5cc5cccc4c35)c2)=C1. The number of anilines is 2. The van der Waals surface area contributed by atoms with Gasteiger partial charge in [0, 0.05) is 33.8 Å². The molecule has 0 radical (unpaired) electrons. The molecule has 0 saturated carbocycles. The minimum Gasteiger partial charge on any atom is -0.334 e. The third-order valence-electron chi connectivity index (χ3n) is 12.8. The van der Waals surface area contributed by atoms with Crippen molar-refractivity contribution in [3.63, 3.8) is 0 Å². The molecule has 0 fully saturated rings. The molecule has 1 aromatic heterocycles. The van der Waals surface area contributed by atoms with Crippen LogP contribution < -0.4 is 4.90 Å². The minimum absolute atomic E-state index is 0.125. The molecule has 6 aromatic carbocycles. The van der Waals surface area contributed by atoms with Gasteiger partial charge in [-0.25, -0.2) is 0 Å². The van der Waals surface area contributed by atoms with Crippen molar-refractivity contribution in [2.24, 2.45) is 5.92 Å². The number of benzene rings is 6. The third kappa shape index (κ3) is 4.82. The van der Waals surface area contributed by atoms with E-state index in [0.29, 0.717) is 5.92 Å². The highest BCUT2D eigenvalue weighted by Crippen LogP contribution is 2.52. The number of allylic oxidation sites excluding steroid dienone is 14. The van der Waals surface area contributed by atoms with Crippen molar-refractivity contribution in [3.8, 4) is 0 Å². The maximum absolute atomic E-state index is 2.61. The largest absolute Gasteiger partial charge is 0.334 e. The smallest absolute Gasteiger partial charge is 0.0566 e. The van der Waals surface area contributed by atoms with Crippen LogP contribution >= 0.6 is 0 Å². The number of para-hydroxylation sites is 1. The van der Waals surface area contributed by atoms with Gasteiger partial charge in [0.05, 0.1) is 17.1 Å². The molecule has 7 aromatic rings. The molecule has 56 heavy (non-hydrogen) atoms. The van der Waals surface area contributed by atoms with Crippen LogP contribution in [0.3, 0.4) is 0 Å². The van der Waals surface area contributed by atoms with Gasteiger partial charge in [0.25, 0.3) is 0 Å². The van der Waals surface area contributed by atoms with Crippen molar-refractivity contribution >= 4 is 77.1 Å². The highest BCUT2D eigenvalue weighted by atomic mass is 15.2. The van der Waals surface area contributed by atoms with Crippen LogP contribution in [-0.2, 0) is 0 Å². The summed E-state index contributed by atoms with van der Waals surface area (Å²) in [7, 11) is 0. The zero-order valence-corrected chi connectivity index (χ0v) is 31.2. The molecule has 1 heterocycles. The second kappa shape index (κ2) is 12.4. The van der Waals surface area contributed by atoms with E-state index >= 15 is 0 Å². The van der Waals surface area contributed by atoms with Crippen LogP contribution in [-0.4, -0.2) is 10.6 Å². The molecule has 12 rings (SSSR count). The third-order valence-corrected chi connectivity index (χ3v) is 12.8. The molecule has 0 amide bonds. The molecule has 2 heteroatoms. The van der Waals surface area contributed by atoms with Crippen molar-refractivity contribution in [1.82, 2.24) is 4.57 Å². The maximum atomic E-state index is 2.61. The van der Waals surface area contributed by atoms with E-state index in [9.17, 15) is 0 Å². The van der Waals surface area contributed by atoms with Crippen LogP contribution in [0.25, 0.3) is 65.8 Å². The Balaban J connectivity index is 1.04. The number of aromatic nitrogens is 1. The maximum Gasteiger partial charge on any atom is 0.0566 e. The number of fused-ring (bicyclic) bond motifs is 9. The number of rotatable bonds is 5. The van der Waals surface area contributed by atoms with Crippen LogP contribution in [0.2, 0.25) is 0 Å². The van der Waals surface area contributed by atoms with Crippen molar-refractivity contribution in [3.05, 3.63) is 204 Å². The van der Waals surface area contributed by atoms with Gasteiger partial charge in [-0.05, 0) is 135 Å². The summed E-state index contributed by atoms with van der Waals surface area (Å²) >= 11 is 0. The highest BCUT2D eigenvalue weighted by molar-refractivity contribution is 6.28. The first-order chi connectivity index (χ1) is 27.8. The first-order valence-corrected chi connectivity index (χ1v) is 20.2. The minimum atomic E-state index is 0.125. The molecular formula is C54H40N2. The van der Waals surface area contributed by atoms with Crippen molar-refractivity contribution in [1.29, 1.82) is 0 Å². The monoisotopic (exact) mass is 716 g/mol. The van der Waals surface area contributed by atoms with Gasteiger partial charge in [0.2, 0.25) is 0 Å². The summed E-state index contributed by atoms with van der Waals surface area (Å²) in [5.41, 5.74) is 15.8. The van der Waals surface area contributed by atoms with Crippen LogP contribution in [0.4, 0.5) is 11.4 Å². The fraction of sp³-hybridized carbons (Fsp3) is 0.111. The Bertz CT molecular complexity index is 3090. The van der Waals surface area contributed by atoms with E-state index in [1.54, 1.807) is 0 Å². The molecule has 0 spiro atoms. The van der Waals surface area contributed by atoms with Gasteiger partial charge in [-0.2, -0.15) is 0 Å². The van der Waals surface area contributed by atoms with E-state index in [1.165, 1.54) is 99.4 Å².